The van der Waals surface area contributed by atoms with Crippen molar-refractivity contribution >= 4 is 29.1 Å². The van der Waals surface area contributed by atoms with Gasteiger partial charge in [0.15, 0.2) is 0 Å². The van der Waals surface area contributed by atoms with Crippen LogP contribution in [0.2, 0.25) is 0 Å². The van der Waals surface area contributed by atoms with E-state index in [1.165, 1.54) is 15.9 Å². The number of carbonyl (C=O) groups is 1. The van der Waals surface area contributed by atoms with Crippen LogP contribution in [0.15, 0.2) is 91.0 Å². The molecule has 3 aromatic carbocycles. The van der Waals surface area contributed by atoms with E-state index in [0.29, 0.717) is 0 Å². The quantitative estimate of drug-likeness (QED) is 0.458. The van der Waals surface area contributed by atoms with Gasteiger partial charge in [0.05, 0.1) is 0 Å². The van der Waals surface area contributed by atoms with Gasteiger partial charge in [-0.2, -0.15) is 0 Å². The predicted molar refractivity (Wildman–Crippen MR) is 124 cm³/mol. The van der Waals surface area contributed by atoms with E-state index in [4.69, 9.17) is 0 Å². The Morgan fingerprint density at radius 1 is 0.750 bits per heavy atom. The summed E-state index contributed by atoms with van der Waals surface area (Å²) >= 11 is 0. The molecule has 2 nitrogen and oxygen atoms in total. The third kappa shape index (κ3) is 4.51. The third-order valence-corrected chi connectivity index (χ3v) is 10.4. The van der Waals surface area contributed by atoms with E-state index >= 15 is 0 Å². The summed E-state index contributed by atoms with van der Waals surface area (Å²) in [4.78, 5) is 12.0. The molecule has 0 unspecified atom stereocenters. The molecule has 0 radical (unpaired) electrons. The summed E-state index contributed by atoms with van der Waals surface area (Å²) in [5, 5.41) is 7.35. The zero-order valence-electron chi connectivity index (χ0n) is 16.8. The van der Waals surface area contributed by atoms with Crippen LogP contribution in [-0.2, 0) is 4.79 Å². The van der Waals surface area contributed by atoms with E-state index in [2.05, 4.69) is 96.3 Å². The summed E-state index contributed by atoms with van der Waals surface area (Å²) in [6.45, 7) is 4.59. The monoisotopic (exact) mass is 391 g/mol. The van der Waals surface area contributed by atoms with Crippen LogP contribution in [-0.4, -0.2) is 18.6 Å². The molecule has 0 spiro atoms. The van der Waals surface area contributed by atoms with Crippen molar-refractivity contribution in [1.29, 1.82) is 0 Å². The molecule has 0 saturated carbocycles. The van der Waals surface area contributed by atoms with Crippen LogP contribution in [0.1, 0.15) is 20.3 Å². The van der Waals surface area contributed by atoms with Crippen molar-refractivity contribution in [1.82, 2.24) is 5.32 Å². The van der Waals surface area contributed by atoms with Crippen LogP contribution in [0.3, 0.4) is 0 Å². The first-order chi connectivity index (χ1) is 13.6. The molecular weight excluding hydrogens is 361 g/mol. The Labute approximate surface area is 169 Å². The molecule has 1 N–H and O–H groups in total. The van der Waals surface area contributed by atoms with E-state index in [1.807, 2.05) is 13.8 Å². The Hall–Kier alpha value is -2.44. The zero-order valence-corrected chi connectivity index (χ0v) is 17.8. The SMILES string of the molecule is CC(C)C(=O)NCCC[PH](c1ccccc1)(c1ccccc1)c1ccccc1. The van der Waals surface area contributed by atoms with Gasteiger partial charge in [0.2, 0.25) is 0 Å². The molecule has 0 aliphatic heterocycles. The molecular formula is C25H30NOP. The molecule has 28 heavy (non-hydrogen) atoms. The summed E-state index contributed by atoms with van der Waals surface area (Å²) in [5.41, 5.74) is 0. The Morgan fingerprint density at radius 3 is 1.50 bits per heavy atom. The van der Waals surface area contributed by atoms with Gasteiger partial charge in [-0.3, -0.25) is 0 Å². The normalized spacial score (nSPS) is 12.0. The molecule has 3 rings (SSSR count). The fraction of sp³-hybridized carbons (Fsp3) is 0.240. The molecule has 0 bridgehead atoms. The van der Waals surface area contributed by atoms with Gasteiger partial charge in [-0.05, 0) is 0 Å². The number of benzene rings is 3. The number of carbonyl (C=O) groups excluding carboxylic acids is 1. The van der Waals surface area contributed by atoms with Crippen LogP contribution in [0.25, 0.3) is 0 Å². The molecule has 0 fully saturated rings. The molecule has 0 atom stereocenters. The summed E-state index contributed by atoms with van der Waals surface area (Å²) < 4.78 is 0. The van der Waals surface area contributed by atoms with Gasteiger partial charge >= 0.3 is 169 Å². The summed E-state index contributed by atoms with van der Waals surface area (Å²) in [7, 11) is -2.17. The molecule has 0 heterocycles. The van der Waals surface area contributed by atoms with Gasteiger partial charge in [0.25, 0.3) is 0 Å². The van der Waals surface area contributed by atoms with Crippen molar-refractivity contribution in [2.24, 2.45) is 5.92 Å². The predicted octanol–water partition coefficient (Wildman–Crippen LogP) is 3.88. The van der Waals surface area contributed by atoms with Gasteiger partial charge < -0.3 is 0 Å². The minimum atomic E-state index is -2.17. The van der Waals surface area contributed by atoms with Crippen molar-refractivity contribution in [3.8, 4) is 0 Å². The fourth-order valence-corrected chi connectivity index (χ4v) is 8.73. The average Bonchev–Trinajstić information content (AvgIpc) is 2.75. The van der Waals surface area contributed by atoms with Gasteiger partial charge in [-0.25, -0.2) is 0 Å². The van der Waals surface area contributed by atoms with Gasteiger partial charge in [-0.1, -0.05) is 0 Å². The number of hydrogen-bond donors (Lipinski definition) is 1. The van der Waals surface area contributed by atoms with Crippen molar-refractivity contribution in [2.75, 3.05) is 12.7 Å². The minimum absolute atomic E-state index is 0.0272. The number of hydrogen-bond acceptors (Lipinski definition) is 1. The van der Waals surface area contributed by atoms with Gasteiger partial charge in [-0.15, -0.1) is 0 Å². The van der Waals surface area contributed by atoms with E-state index in [1.54, 1.807) is 0 Å². The molecule has 1 amide bonds. The second-order valence-corrected chi connectivity index (χ2v) is 11.6. The third-order valence-electron chi connectivity index (χ3n) is 5.35. The molecule has 0 aliphatic rings. The topological polar surface area (TPSA) is 29.1 Å². The van der Waals surface area contributed by atoms with E-state index in [-0.39, 0.29) is 11.8 Å². The van der Waals surface area contributed by atoms with Gasteiger partial charge in [0, 0.05) is 0 Å². The number of rotatable bonds is 8. The Bertz CT molecular complexity index is 766. The Kier molecular flexibility index (Phi) is 7.01. The van der Waals surface area contributed by atoms with Crippen molar-refractivity contribution in [2.45, 2.75) is 20.3 Å². The Morgan fingerprint density at radius 2 is 1.14 bits per heavy atom. The summed E-state index contributed by atoms with van der Waals surface area (Å²) in [5.74, 6) is 0.158. The first-order valence-electron chi connectivity index (χ1n) is 10.1. The number of nitrogens with one attached hydrogen (secondary N) is 1. The maximum absolute atomic E-state index is 12.0. The fourth-order valence-electron chi connectivity index (χ4n) is 3.87. The van der Waals surface area contributed by atoms with Crippen LogP contribution in [0.5, 0.6) is 0 Å². The zero-order chi connectivity index (χ0) is 19.8. The van der Waals surface area contributed by atoms with Crippen LogP contribution in [0.4, 0.5) is 0 Å². The van der Waals surface area contributed by atoms with Crippen LogP contribution < -0.4 is 21.2 Å². The first-order valence-corrected chi connectivity index (χ1v) is 12.3. The first kappa shape index (κ1) is 20.3. The standard InChI is InChI=1S/C25H30NOP/c1-21(2)25(27)26-19-12-20-28(22-13-6-3-7-14-22,23-15-8-4-9-16-23)24-17-10-5-11-18-24/h3-11,13-18,21,28H,12,19-20H2,1-2H3,(H,26,27). The average molecular weight is 391 g/mol. The second-order valence-electron chi connectivity index (χ2n) is 7.55. The molecule has 3 heteroatoms. The van der Waals surface area contributed by atoms with E-state index < -0.39 is 7.26 Å². The molecule has 0 saturated heterocycles. The molecule has 146 valence electrons. The van der Waals surface area contributed by atoms with Crippen molar-refractivity contribution in [3.63, 3.8) is 0 Å². The maximum atomic E-state index is 12.0. The summed E-state index contributed by atoms with van der Waals surface area (Å²) in [6.07, 6.45) is 2.02. The number of amides is 1. The molecule has 0 aliphatic carbocycles. The second kappa shape index (κ2) is 9.66. The van der Waals surface area contributed by atoms with Crippen molar-refractivity contribution < 1.29 is 4.79 Å². The van der Waals surface area contributed by atoms with E-state index in [9.17, 15) is 4.79 Å². The molecule has 0 aromatic heterocycles. The van der Waals surface area contributed by atoms with Crippen LogP contribution in [0, 0.1) is 5.92 Å². The summed E-state index contributed by atoms with van der Waals surface area (Å²) in [6, 6.07) is 32.8. The van der Waals surface area contributed by atoms with Gasteiger partial charge in [0.1, 0.15) is 0 Å². The van der Waals surface area contributed by atoms with Crippen molar-refractivity contribution in [3.05, 3.63) is 91.0 Å². The Balaban J connectivity index is 2.00. The van der Waals surface area contributed by atoms with Crippen LogP contribution >= 0.6 is 7.26 Å². The van der Waals surface area contributed by atoms with E-state index in [0.717, 1.165) is 19.1 Å². The molecule has 3 aromatic rings.